The maximum Gasteiger partial charge on any atom is 0.573 e. The Bertz CT molecular complexity index is 1070. The first-order valence-electron chi connectivity index (χ1n) is 8.99. The molecule has 0 radical (unpaired) electrons. The second-order valence-electron chi connectivity index (χ2n) is 6.67. The van der Waals surface area contributed by atoms with Gasteiger partial charge in [-0.05, 0) is 48.7 Å². The van der Waals surface area contributed by atoms with Gasteiger partial charge in [0.25, 0.3) is 5.69 Å². The van der Waals surface area contributed by atoms with Gasteiger partial charge < -0.3 is 14.1 Å². The molecule has 0 saturated heterocycles. The molecule has 1 aliphatic heterocycles. The zero-order chi connectivity index (χ0) is 21.3. The first-order chi connectivity index (χ1) is 14.3. The van der Waals surface area contributed by atoms with Crippen LogP contribution in [0.1, 0.15) is 17.9 Å². The molecule has 2 aromatic carbocycles. The summed E-state index contributed by atoms with van der Waals surface area (Å²) < 4.78 is 47.0. The van der Waals surface area contributed by atoms with Gasteiger partial charge in [0.05, 0.1) is 11.5 Å². The molecule has 0 spiro atoms. The fourth-order valence-electron chi connectivity index (χ4n) is 3.34. The lowest BCUT2D eigenvalue weighted by Crippen LogP contribution is -2.29. The number of nitro benzene ring substituents is 1. The first-order valence-corrected chi connectivity index (χ1v) is 8.99. The highest BCUT2D eigenvalue weighted by Crippen LogP contribution is 2.33. The van der Waals surface area contributed by atoms with Crippen LogP contribution in [0.3, 0.4) is 0 Å². The number of hydrogen-bond acceptors (Lipinski definition) is 7. The van der Waals surface area contributed by atoms with Crippen LogP contribution in [0.15, 0.2) is 46.9 Å². The van der Waals surface area contributed by atoms with Gasteiger partial charge in [-0.25, -0.2) is 0 Å². The average molecular weight is 420 g/mol. The fraction of sp³-hybridized carbons (Fsp3) is 0.263. The minimum absolute atomic E-state index is 0.0442. The van der Waals surface area contributed by atoms with E-state index in [1.807, 2.05) is 4.90 Å². The Kier molecular flexibility index (Phi) is 5.02. The van der Waals surface area contributed by atoms with Crippen molar-refractivity contribution in [3.63, 3.8) is 0 Å². The summed E-state index contributed by atoms with van der Waals surface area (Å²) in [7, 11) is 0. The van der Waals surface area contributed by atoms with Crippen LogP contribution >= 0.6 is 0 Å². The summed E-state index contributed by atoms with van der Waals surface area (Å²) in [6.07, 6.45) is -3.34. The van der Waals surface area contributed by atoms with E-state index in [0.717, 1.165) is 17.7 Å². The van der Waals surface area contributed by atoms with Crippen molar-refractivity contribution in [1.82, 2.24) is 10.2 Å². The number of alkyl halides is 3. The maximum absolute atomic E-state index is 12.4. The van der Waals surface area contributed by atoms with Crippen LogP contribution in [-0.4, -0.2) is 28.0 Å². The summed E-state index contributed by atoms with van der Waals surface area (Å²) >= 11 is 0. The summed E-state index contributed by atoms with van der Waals surface area (Å²) in [5, 5.41) is 18.7. The number of fused-ring (bicyclic) bond motifs is 1. The summed E-state index contributed by atoms with van der Waals surface area (Å²) in [6.45, 7) is 0.966. The quantitative estimate of drug-likeness (QED) is 0.443. The largest absolute Gasteiger partial charge is 0.573 e. The number of nitro groups is 1. The minimum Gasteiger partial charge on any atom is -0.419 e. The molecular weight excluding hydrogens is 405 g/mol. The molecule has 0 fully saturated rings. The Labute approximate surface area is 168 Å². The highest BCUT2D eigenvalue weighted by molar-refractivity contribution is 5.58. The van der Waals surface area contributed by atoms with Gasteiger partial charge in [0.2, 0.25) is 11.8 Å². The van der Waals surface area contributed by atoms with Crippen molar-refractivity contribution >= 4 is 11.4 Å². The topological polar surface area (TPSA) is 94.5 Å². The monoisotopic (exact) mass is 420 g/mol. The van der Waals surface area contributed by atoms with Crippen molar-refractivity contribution in [3.8, 4) is 17.2 Å². The van der Waals surface area contributed by atoms with Gasteiger partial charge in [0.15, 0.2) is 0 Å². The van der Waals surface area contributed by atoms with Crippen molar-refractivity contribution in [1.29, 1.82) is 0 Å². The van der Waals surface area contributed by atoms with Gasteiger partial charge in [-0.1, -0.05) is 0 Å². The molecule has 4 rings (SSSR count). The predicted octanol–water partition coefficient (Wildman–Crippen LogP) is 4.50. The van der Waals surface area contributed by atoms with Gasteiger partial charge in [-0.15, -0.1) is 23.4 Å². The predicted molar refractivity (Wildman–Crippen MR) is 98.9 cm³/mol. The first kappa shape index (κ1) is 19.7. The van der Waals surface area contributed by atoms with E-state index in [2.05, 4.69) is 14.9 Å². The molecule has 8 nitrogen and oxygen atoms in total. The van der Waals surface area contributed by atoms with Crippen molar-refractivity contribution in [2.75, 3.05) is 11.4 Å². The second kappa shape index (κ2) is 7.65. The standard InChI is InChI=1S/C19H15F3N4O4/c20-19(21,22)30-15-7-8-16-13(10-15)2-1-9-25(16)11-17-23-24-18(29-17)12-3-5-14(6-4-12)26(27)28/h3-8,10H,1-2,9,11H2. The molecule has 156 valence electrons. The van der Waals surface area contributed by atoms with E-state index in [0.29, 0.717) is 24.4 Å². The SMILES string of the molecule is O=[N+]([O-])c1ccc(-c2nnc(CN3CCCc4cc(OC(F)(F)F)ccc43)o2)cc1. The number of hydrogen-bond donors (Lipinski definition) is 0. The molecule has 0 atom stereocenters. The number of halogens is 3. The summed E-state index contributed by atoms with van der Waals surface area (Å²) in [4.78, 5) is 12.2. The van der Waals surface area contributed by atoms with Crippen LogP contribution in [0.25, 0.3) is 11.5 Å². The molecule has 11 heteroatoms. The van der Waals surface area contributed by atoms with Crippen LogP contribution in [-0.2, 0) is 13.0 Å². The second-order valence-corrected chi connectivity index (χ2v) is 6.67. The number of non-ortho nitro benzene ring substituents is 1. The number of ether oxygens (including phenoxy) is 1. The number of benzene rings is 2. The minimum atomic E-state index is -4.74. The summed E-state index contributed by atoms with van der Waals surface area (Å²) in [5.41, 5.74) is 2.04. The van der Waals surface area contributed by atoms with Crippen LogP contribution in [0.5, 0.6) is 5.75 Å². The van der Waals surface area contributed by atoms with Gasteiger partial charge in [0, 0.05) is 29.9 Å². The van der Waals surface area contributed by atoms with Crippen LogP contribution in [0.2, 0.25) is 0 Å². The zero-order valence-corrected chi connectivity index (χ0v) is 15.4. The molecule has 0 unspecified atom stereocenters. The smallest absolute Gasteiger partial charge is 0.419 e. The molecule has 3 aromatic rings. The Morgan fingerprint density at radius 3 is 2.63 bits per heavy atom. The van der Waals surface area contributed by atoms with E-state index in [-0.39, 0.29) is 23.9 Å². The van der Waals surface area contributed by atoms with Crippen molar-refractivity contribution < 1.29 is 27.2 Å². The molecule has 1 aromatic heterocycles. The lowest BCUT2D eigenvalue weighted by molar-refractivity contribution is -0.384. The van der Waals surface area contributed by atoms with E-state index < -0.39 is 11.3 Å². The summed E-state index contributed by atoms with van der Waals surface area (Å²) in [6, 6.07) is 10.00. The van der Waals surface area contributed by atoms with Crippen LogP contribution in [0.4, 0.5) is 24.5 Å². The van der Waals surface area contributed by atoms with Crippen LogP contribution < -0.4 is 9.64 Å². The normalized spacial score (nSPS) is 13.8. The molecule has 0 bridgehead atoms. The lowest BCUT2D eigenvalue weighted by atomic mass is 10.0. The number of anilines is 1. The molecule has 1 aliphatic rings. The summed E-state index contributed by atoms with van der Waals surface area (Å²) in [5.74, 6) is 0.305. The van der Waals surface area contributed by atoms with Gasteiger partial charge in [-0.2, -0.15) is 0 Å². The highest BCUT2D eigenvalue weighted by atomic mass is 19.4. The number of nitrogens with zero attached hydrogens (tertiary/aromatic N) is 4. The Hall–Kier alpha value is -3.63. The van der Waals surface area contributed by atoms with E-state index in [4.69, 9.17) is 4.42 Å². The third-order valence-corrected chi connectivity index (χ3v) is 4.62. The van der Waals surface area contributed by atoms with Crippen molar-refractivity contribution in [3.05, 3.63) is 64.0 Å². The maximum atomic E-state index is 12.4. The lowest BCUT2D eigenvalue weighted by Gasteiger charge is -2.30. The fourth-order valence-corrected chi connectivity index (χ4v) is 3.34. The Morgan fingerprint density at radius 2 is 1.93 bits per heavy atom. The van der Waals surface area contributed by atoms with Crippen molar-refractivity contribution in [2.24, 2.45) is 0 Å². The molecule has 0 N–H and O–H groups in total. The van der Waals surface area contributed by atoms with E-state index in [1.165, 1.54) is 36.4 Å². The van der Waals surface area contributed by atoms with E-state index in [9.17, 15) is 23.3 Å². The zero-order valence-electron chi connectivity index (χ0n) is 15.4. The van der Waals surface area contributed by atoms with Gasteiger partial charge >= 0.3 is 6.36 Å². The third kappa shape index (κ3) is 4.34. The highest BCUT2D eigenvalue weighted by Gasteiger charge is 2.31. The number of aromatic nitrogens is 2. The average Bonchev–Trinajstić information content (AvgIpc) is 3.15. The Balaban J connectivity index is 1.50. The van der Waals surface area contributed by atoms with E-state index in [1.54, 1.807) is 6.07 Å². The third-order valence-electron chi connectivity index (χ3n) is 4.62. The van der Waals surface area contributed by atoms with Gasteiger partial charge in [-0.3, -0.25) is 10.1 Å². The molecule has 2 heterocycles. The molecule has 30 heavy (non-hydrogen) atoms. The molecule has 0 aliphatic carbocycles. The number of rotatable bonds is 5. The molecular formula is C19H15F3N4O4. The Morgan fingerprint density at radius 1 is 1.17 bits per heavy atom. The molecule has 0 saturated carbocycles. The van der Waals surface area contributed by atoms with Gasteiger partial charge in [0.1, 0.15) is 5.75 Å². The molecule has 0 amide bonds. The van der Waals surface area contributed by atoms with E-state index >= 15 is 0 Å². The number of aryl methyl sites for hydroxylation is 1. The van der Waals surface area contributed by atoms with Crippen molar-refractivity contribution in [2.45, 2.75) is 25.7 Å². The van der Waals surface area contributed by atoms with Crippen LogP contribution in [0, 0.1) is 10.1 Å².